The summed E-state index contributed by atoms with van der Waals surface area (Å²) in [5.74, 6) is 1.36. The van der Waals surface area contributed by atoms with Gasteiger partial charge in [0, 0.05) is 12.6 Å². The summed E-state index contributed by atoms with van der Waals surface area (Å²) in [5.41, 5.74) is 0. The highest BCUT2D eigenvalue weighted by molar-refractivity contribution is 7.87. The van der Waals surface area contributed by atoms with Gasteiger partial charge < -0.3 is 5.32 Å². The molecule has 2 unspecified atom stereocenters. The van der Waals surface area contributed by atoms with E-state index in [1.54, 1.807) is 0 Å². The van der Waals surface area contributed by atoms with Crippen LogP contribution in [-0.2, 0) is 10.2 Å². The number of rotatable bonds is 5. The van der Waals surface area contributed by atoms with Crippen LogP contribution in [0.1, 0.15) is 13.8 Å². The van der Waals surface area contributed by atoms with Gasteiger partial charge >= 0.3 is 0 Å². The van der Waals surface area contributed by atoms with Crippen LogP contribution in [0.5, 0.6) is 0 Å². The van der Waals surface area contributed by atoms with Gasteiger partial charge in [-0.3, -0.25) is 0 Å². The number of nitrogens with one attached hydrogen (secondary N) is 3. The van der Waals surface area contributed by atoms with Crippen LogP contribution in [0.4, 0.5) is 0 Å². The Morgan fingerprint density at radius 1 is 1.33 bits per heavy atom. The van der Waals surface area contributed by atoms with Gasteiger partial charge in [0.1, 0.15) is 0 Å². The highest BCUT2D eigenvalue weighted by atomic mass is 32.2. The standard InChI is InChI=1S/C9H19N3O2S/c1-6(2)3-11-15(13,14)12-9-7-4-10-5-8(7)9/h6-12H,3-5H2,1-2H3. The van der Waals surface area contributed by atoms with E-state index in [0.717, 1.165) is 13.1 Å². The first-order valence-electron chi connectivity index (χ1n) is 5.47. The first-order chi connectivity index (χ1) is 6.99. The summed E-state index contributed by atoms with van der Waals surface area (Å²) in [6.07, 6.45) is 0. The lowest BCUT2D eigenvalue weighted by atomic mass is 10.2. The minimum Gasteiger partial charge on any atom is -0.316 e. The van der Waals surface area contributed by atoms with Crippen molar-refractivity contribution >= 4 is 10.2 Å². The molecule has 3 N–H and O–H groups in total. The summed E-state index contributed by atoms with van der Waals surface area (Å²) in [6.45, 7) is 6.36. The number of piperidine rings is 1. The van der Waals surface area contributed by atoms with Crippen LogP contribution in [0.15, 0.2) is 0 Å². The van der Waals surface area contributed by atoms with E-state index in [1.165, 1.54) is 0 Å². The molecule has 2 atom stereocenters. The monoisotopic (exact) mass is 233 g/mol. The summed E-state index contributed by atoms with van der Waals surface area (Å²) >= 11 is 0. The van der Waals surface area contributed by atoms with Gasteiger partial charge in [-0.25, -0.2) is 4.72 Å². The predicted octanol–water partition coefficient (Wildman–Crippen LogP) is -0.716. The molecule has 88 valence electrons. The smallest absolute Gasteiger partial charge is 0.277 e. The fourth-order valence-electron chi connectivity index (χ4n) is 2.09. The summed E-state index contributed by atoms with van der Waals surface area (Å²) in [4.78, 5) is 0. The van der Waals surface area contributed by atoms with Crippen molar-refractivity contribution < 1.29 is 8.42 Å². The molecule has 2 fully saturated rings. The Labute approximate surface area is 91.2 Å². The van der Waals surface area contributed by atoms with E-state index in [4.69, 9.17) is 0 Å². The van der Waals surface area contributed by atoms with Crippen molar-refractivity contribution in [3.05, 3.63) is 0 Å². The minimum atomic E-state index is -3.28. The third-order valence-electron chi connectivity index (χ3n) is 3.06. The Kier molecular flexibility index (Phi) is 3.03. The Hall–Kier alpha value is -0.170. The van der Waals surface area contributed by atoms with Gasteiger partial charge in [0.2, 0.25) is 0 Å². The lowest BCUT2D eigenvalue weighted by molar-refractivity contribution is 0.536. The number of fused-ring (bicyclic) bond motifs is 1. The van der Waals surface area contributed by atoms with E-state index in [1.807, 2.05) is 13.8 Å². The molecule has 0 aromatic rings. The van der Waals surface area contributed by atoms with Crippen molar-refractivity contribution in [3.63, 3.8) is 0 Å². The van der Waals surface area contributed by atoms with Crippen LogP contribution in [0.2, 0.25) is 0 Å². The zero-order chi connectivity index (χ0) is 11.1. The molecule has 1 heterocycles. The molecular weight excluding hydrogens is 214 g/mol. The maximum atomic E-state index is 11.6. The van der Waals surface area contributed by atoms with Crippen LogP contribution in [0.3, 0.4) is 0 Å². The molecule has 6 heteroatoms. The van der Waals surface area contributed by atoms with E-state index in [0.29, 0.717) is 24.3 Å². The van der Waals surface area contributed by atoms with Crippen molar-refractivity contribution in [1.29, 1.82) is 0 Å². The first-order valence-corrected chi connectivity index (χ1v) is 6.95. The van der Waals surface area contributed by atoms with E-state index >= 15 is 0 Å². The Balaban J connectivity index is 1.79. The molecule has 1 saturated heterocycles. The quantitative estimate of drug-likeness (QED) is 0.587. The molecule has 2 aliphatic rings. The van der Waals surface area contributed by atoms with E-state index in [-0.39, 0.29) is 6.04 Å². The van der Waals surface area contributed by atoms with Gasteiger partial charge in [-0.1, -0.05) is 13.8 Å². The zero-order valence-corrected chi connectivity index (χ0v) is 9.97. The van der Waals surface area contributed by atoms with Gasteiger partial charge in [0.05, 0.1) is 0 Å². The fourth-order valence-corrected chi connectivity index (χ4v) is 3.43. The van der Waals surface area contributed by atoms with E-state index in [9.17, 15) is 8.42 Å². The third kappa shape index (κ3) is 2.69. The largest absolute Gasteiger partial charge is 0.316 e. The van der Waals surface area contributed by atoms with Crippen LogP contribution >= 0.6 is 0 Å². The predicted molar refractivity (Wildman–Crippen MR) is 58.5 cm³/mol. The van der Waals surface area contributed by atoms with Gasteiger partial charge in [-0.15, -0.1) is 0 Å². The number of hydrogen-bond acceptors (Lipinski definition) is 3. The van der Waals surface area contributed by atoms with Gasteiger partial charge in [-0.05, 0) is 30.8 Å². The second-order valence-electron chi connectivity index (χ2n) is 4.88. The third-order valence-corrected chi connectivity index (χ3v) is 4.19. The van der Waals surface area contributed by atoms with Crippen molar-refractivity contribution in [3.8, 4) is 0 Å². The molecule has 0 aromatic carbocycles. The van der Waals surface area contributed by atoms with Crippen LogP contribution in [0, 0.1) is 17.8 Å². The molecule has 2 rings (SSSR count). The SMILES string of the molecule is CC(C)CNS(=O)(=O)NC1C2CNCC21. The summed E-state index contributed by atoms with van der Waals surface area (Å²) < 4.78 is 28.4. The van der Waals surface area contributed by atoms with E-state index < -0.39 is 10.2 Å². The van der Waals surface area contributed by atoms with Crippen molar-refractivity contribution in [2.45, 2.75) is 19.9 Å². The topological polar surface area (TPSA) is 70.2 Å². The Morgan fingerprint density at radius 3 is 2.47 bits per heavy atom. The maximum absolute atomic E-state index is 11.6. The molecule has 1 saturated carbocycles. The highest BCUT2D eigenvalue weighted by Crippen LogP contribution is 2.41. The molecular formula is C9H19N3O2S. The Bertz CT molecular complexity index is 318. The molecule has 0 amide bonds. The normalized spacial score (nSPS) is 34.5. The minimum absolute atomic E-state index is 0.163. The highest BCUT2D eigenvalue weighted by Gasteiger charge is 2.54. The molecule has 15 heavy (non-hydrogen) atoms. The summed E-state index contributed by atoms with van der Waals surface area (Å²) in [6, 6.07) is 0.163. The van der Waals surface area contributed by atoms with Crippen molar-refractivity contribution in [1.82, 2.24) is 14.8 Å². The van der Waals surface area contributed by atoms with Gasteiger partial charge in [-0.2, -0.15) is 13.1 Å². The summed E-state index contributed by atoms with van der Waals surface area (Å²) in [7, 11) is -3.28. The second-order valence-corrected chi connectivity index (χ2v) is 6.41. The maximum Gasteiger partial charge on any atom is 0.277 e. The average Bonchev–Trinajstić information content (AvgIpc) is 2.64. The van der Waals surface area contributed by atoms with Gasteiger partial charge in [0.25, 0.3) is 10.2 Å². The lowest BCUT2D eigenvalue weighted by Gasteiger charge is -2.11. The van der Waals surface area contributed by atoms with E-state index in [2.05, 4.69) is 14.8 Å². The van der Waals surface area contributed by atoms with Crippen LogP contribution in [-0.4, -0.2) is 34.1 Å². The van der Waals surface area contributed by atoms with Crippen LogP contribution in [0.25, 0.3) is 0 Å². The van der Waals surface area contributed by atoms with Crippen molar-refractivity contribution in [2.75, 3.05) is 19.6 Å². The molecule has 5 nitrogen and oxygen atoms in total. The average molecular weight is 233 g/mol. The number of hydrogen-bond donors (Lipinski definition) is 3. The Morgan fingerprint density at radius 2 is 1.93 bits per heavy atom. The molecule has 0 aromatic heterocycles. The molecule has 0 radical (unpaired) electrons. The molecule has 0 spiro atoms. The molecule has 0 bridgehead atoms. The lowest BCUT2D eigenvalue weighted by Crippen LogP contribution is -2.41. The van der Waals surface area contributed by atoms with Crippen molar-refractivity contribution in [2.24, 2.45) is 17.8 Å². The van der Waals surface area contributed by atoms with Crippen LogP contribution < -0.4 is 14.8 Å². The molecule has 1 aliphatic heterocycles. The van der Waals surface area contributed by atoms with Gasteiger partial charge in [0.15, 0.2) is 0 Å². The summed E-state index contributed by atoms with van der Waals surface area (Å²) in [5, 5.41) is 3.23. The molecule has 1 aliphatic carbocycles. The second kappa shape index (κ2) is 4.01. The first kappa shape index (κ1) is 11.3. The fraction of sp³-hybridized carbons (Fsp3) is 1.00. The zero-order valence-electron chi connectivity index (χ0n) is 9.16.